The maximum atomic E-state index is 14.1. The molecular formula is C41H74N2O2. The second-order valence-corrected chi connectivity index (χ2v) is 14.5. The van der Waals surface area contributed by atoms with Crippen LogP contribution >= 0.6 is 0 Å². The lowest BCUT2D eigenvalue weighted by atomic mass is 9.79. The lowest BCUT2D eigenvalue weighted by Crippen LogP contribution is -2.45. The maximum Gasteiger partial charge on any atom is 0.226 e. The van der Waals surface area contributed by atoms with Crippen molar-refractivity contribution in [1.29, 1.82) is 0 Å². The van der Waals surface area contributed by atoms with Gasteiger partial charge in [-0.05, 0) is 69.6 Å². The third-order valence-corrected chi connectivity index (χ3v) is 9.29. The lowest BCUT2D eigenvalue weighted by molar-refractivity contribution is -0.139. The minimum atomic E-state index is -0.0591. The van der Waals surface area contributed by atoms with E-state index in [-0.39, 0.29) is 23.7 Å². The van der Waals surface area contributed by atoms with Crippen molar-refractivity contribution in [2.45, 2.75) is 164 Å². The summed E-state index contributed by atoms with van der Waals surface area (Å²) in [5.41, 5.74) is 1.13. The molecule has 3 atom stereocenters. The summed E-state index contributed by atoms with van der Waals surface area (Å²) in [4.78, 5) is 31.4. The normalized spacial score (nSPS) is 17.2. The molecule has 0 heterocycles. The second-order valence-electron chi connectivity index (χ2n) is 14.5. The number of hydrogen-bond donors (Lipinski definition) is 0. The van der Waals surface area contributed by atoms with E-state index in [1.165, 1.54) is 70.6 Å². The monoisotopic (exact) mass is 627 g/mol. The molecule has 0 saturated carbocycles. The van der Waals surface area contributed by atoms with Crippen molar-refractivity contribution in [3.8, 4) is 0 Å². The molecule has 0 aliphatic heterocycles. The second kappa shape index (κ2) is 26.3. The molecule has 0 aromatic carbocycles. The van der Waals surface area contributed by atoms with Crippen molar-refractivity contribution in [2.75, 3.05) is 26.2 Å². The van der Waals surface area contributed by atoms with Gasteiger partial charge < -0.3 is 9.80 Å². The van der Waals surface area contributed by atoms with E-state index < -0.39 is 0 Å². The van der Waals surface area contributed by atoms with Crippen LogP contribution in [0.2, 0.25) is 0 Å². The predicted molar refractivity (Wildman–Crippen MR) is 196 cm³/mol. The predicted octanol–water partition coefficient (Wildman–Crippen LogP) is 11.3. The van der Waals surface area contributed by atoms with Crippen LogP contribution in [0.4, 0.5) is 0 Å². The molecule has 1 rings (SSSR count). The Morgan fingerprint density at radius 2 is 1.24 bits per heavy atom. The molecule has 260 valence electrons. The number of carbonyl (C=O) groups excluding carboxylic acids is 2. The van der Waals surface area contributed by atoms with E-state index in [2.05, 4.69) is 82.2 Å². The first-order valence-corrected chi connectivity index (χ1v) is 19.3. The van der Waals surface area contributed by atoms with Crippen LogP contribution in [0.3, 0.4) is 0 Å². The molecule has 4 heteroatoms. The van der Waals surface area contributed by atoms with Gasteiger partial charge in [-0.1, -0.05) is 124 Å². The molecular weight excluding hydrogens is 552 g/mol. The Balaban J connectivity index is 2.44. The average Bonchev–Trinajstić information content (AvgIpc) is 3.01. The van der Waals surface area contributed by atoms with Crippen LogP contribution in [0, 0.1) is 23.7 Å². The zero-order valence-corrected chi connectivity index (χ0v) is 30.8. The Morgan fingerprint density at radius 3 is 1.80 bits per heavy atom. The number of amides is 1. The fraction of sp³-hybridized carbons (Fsp3) is 0.805. The fourth-order valence-electron chi connectivity index (χ4n) is 6.88. The Hall–Kier alpha value is -1.84. The molecule has 1 aliphatic carbocycles. The average molecular weight is 627 g/mol. The van der Waals surface area contributed by atoms with Crippen LogP contribution in [0.5, 0.6) is 0 Å². The summed E-state index contributed by atoms with van der Waals surface area (Å²) in [6.07, 6.45) is 30.8. The largest absolute Gasteiger partial charge is 0.375 e. The van der Waals surface area contributed by atoms with Gasteiger partial charge in [0.25, 0.3) is 0 Å². The molecule has 3 unspecified atom stereocenters. The van der Waals surface area contributed by atoms with E-state index in [0.29, 0.717) is 31.1 Å². The Morgan fingerprint density at radius 1 is 0.711 bits per heavy atom. The molecule has 0 bridgehead atoms. The zero-order valence-electron chi connectivity index (χ0n) is 30.8. The van der Waals surface area contributed by atoms with Crippen molar-refractivity contribution in [1.82, 2.24) is 9.80 Å². The summed E-state index contributed by atoms with van der Waals surface area (Å²) in [5, 5.41) is 0. The summed E-state index contributed by atoms with van der Waals surface area (Å²) < 4.78 is 0. The summed E-state index contributed by atoms with van der Waals surface area (Å²) in [5.74, 6) is 1.29. The van der Waals surface area contributed by atoms with Gasteiger partial charge in [-0.25, -0.2) is 0 Å². The number of Topliss-reactive ketones (excluding diaryl/α,β-unsaturated/α-hetero) is 1. The number of allylic oxidation sites excluding steroid dienone is 5. The van der Waals surface area contributed by atoms with Crippen LogP contribution < -0.4 is 0 Å². The van der Waals surface area contributed by atoms with E-state index in [1.807, 2.05) is 0 Å². The Kier molecular flexibility index (Phi) is 24.0. The van der Waals surface area contributed by atoms with Crippen molar-refractivity contribution < 1.29 is 9.59 Å². The first-order chi connectivity index (χ1) is 21.7. The number of nitrogens with zero attached hydrogens (tertiary/aromatic N) is 2. The van der Waals surface area contributed by atoms with Crippen molar-refractivity contribution in [2.24, 2.45) is 23.7 Å². The highest BCUT2D eigenvalue weighted by Crippen LogP contribution is 2.34. The molecule has 0 spiro atoms. The van der Waals surface area contributed by atoms with Crippen molar-refractivity contribution in [3.05, 3.63) is 36.6 Å². The van der Waals surface area contributed by atoms with Crippen LogP contribution in [-0.4, -0.2) is 47.7 Å². The van der Waals surface area contributed by atoms with Crippen LogP contribution in [-0.2, 0) is 9.59 Å². The summed E-state index contributed by atoms with van der Waals surface area (Å²) in [6, 6.07) is 0. The summed E-state index contributed by atoms with van der Waals surface area (Å²) in [6.45, 7) is 21.2. The topological polar surface area (TPSA) is 40.6 Å². The summed E-state index contributed by atoms with van der Waals surface area (Å²) in [7, 11) is 0. The highest BCUT2D eigenvalue weighted by Gasteiger charge is 2.35. The van der Waals surface area contributed by atoms with Gasteiger partial charge in [0.1, 0.15) is 5.78 Å². The standard InChI is InChI=1S/C41H74N2O2/c1-8-11-12-13-14-15-16-17-18-19-20-21-22-23-24-27-38(44)32-36(6)34-43(33-35(4)5)41(45)40-29-26-25-28-39(40)37(7)42(30-9-2)31-10-3/h17-18,25-26,35-36,39-40H,7-16,19-24,27-34H2,1-6H3/b18-17-. The molecule has 0 radical (unpaired) electrons. The number of rotatable bonds is 28. The molecule has 0 saturated heterocycles. The van der Waals surface area contributed by atoms with Gasteiger partial charge in [0.15, 0.2) is 0 Å². The van der Waals surface area contributed by atoms with Gasteiger partial charge in [0, 0.05) is 50.6 Å². The van der Waals surface area contributed by atoms with Gasteiger partial charge in [0.2, 0.25) is 5.91 Å². The first kappa shape index (κ1) is 41.2. The minimum Gasteiger partial charge on any atom is -0.375 e. The van der Waals surface area contributed by atoms with Gasteiger partial charge in [-0.2, -0.15) is 0 Å². The molecule has 45 heavy (non-hydrogen) atoms. The Labute approximate surface area is 280 Å². The minimum absolute atomic E-state index is 0.0591. The molecule has 0 N–H and O–H groups in total. The number of unbranched alkanes of at least 4 members (excludes halogenated alkanes) is 11. The van der Waals surface area contributed by atoms with Gasteiger partial charge in [-0.3, -0.25) is 9.59 Å². The molecule has 0 aromatic heterocycles. The summed E-state index contributed by atoms with van der Waals surface area (Å²) >= 11 is 0. The smallest absolute Gasteiger partial charge is 0.226 e. The van der Waals surface area contributed by atoms with E-state index >= 15 is 0 Å². The fourth-order valence-corrected chi connectivity index (χ4v) is 6.88. The van der Waals surface area contributed by atoms with E-state index in [9.17, 15) is 9.59 Å². The van der Waals surface area contributed by atoms with Crippen molar-refractivity contribution in [3.63, 3.8) is 0 Å². The highest BCUT2D eigenvalue weighted by atomic mass is 16.2. The molecule has 4 nitrogen and oxygen atoms in total. The third kappa shape index (κ3) is 18.8. The zero-order chi connectivity index (χ0) is 33.3. The van der Waals surface area contributed by atoms with Gasteiger partial charge in [-0.15, -0.1) is 0 Å². The third-order valence-electron chi connectivity index (χ3n) is 9.29. The molecule has 0 fully saturated rings. The van der Waals surface area contributed by atoms with Gasteiger partial charge in [0.05, 0.1) is 5.92 Å². The molecule has 0 aromatic rings. The van der Waals surface area contributed by atoms with Crippen LogP contribution in [0.15, 0.2) is 36.6 Å². The number of ketones is 1. The number of hydrogen-bond acceptors (Lipinski definition) is 3. The van der Waals surface area contributed by atoms with Crippen LogP contribution in [0.25, 0.3) is 0 Å². The van der Waals surface area contributed by atoms with E-state index in [1.54, 1.807) is 0 Å². The first-order valence-electron chi connectivity index (χ1n) is 19.3. The van der Waals surface area contributed by atoms with Crippen molar-refractivity contribution >= 4 is 11.7 Å². The van der Waals surface area contributed by atoms with E-state index in [0.717, 1.165) is 63.9 Å². The maximum absolute atomic E-state index is 14.1. The van der Waals surface area contributed by atoms with E-state index in [4.69, 9.17) is 0 Å². The highest BCUT2D eigenvalue weighted by molar-refractivity contribution is 5.81. The van der Waals surface area contributed by atoms with Crippen LogP contribution in [0.1, 0.15) is 164 Å². The quantitative estimate of drug-likeness (QED) is 0.0641. The SMILES string of the molecule is C=C(C1CC=CCC1C(=O)N(CC(C)C)CC(C)CC(=O)CCCCCCC/C=C\CCCCCCCC)N(CCC)CCC. The lowest BCUT2D eigenvalue weighted by Gasteiger charge is -2.39. The number of carbonyl (C=O) groups is 2. The Bertz CT molecular complexity index is 838. The molecule has 1 aliphatic rings. The van der Waals surface area contributed by atoms with Gasteiger partial charge >= 0.3 is 0 Å². The molecule has 1 amide bonds.